The molecule has 0 aliphatic carbocycles. The molecule has 138 valence electrons. The van der Waals surface area contributed by atoms with Crippen molar-refractivity contribution in [2.75, 3.05) is 17.2 Å². The first-order valence-corrected chi connectivity index (χ1v) is 8.74. The van der Waals surface area contributed by atoms with E-state index < -0.39 is 0 Å². The van der Waals surface area contributed by atoms with E-state index in [1.54, 1.807) is 12.3 Å². The summed E-state index contributed by atoms with van der Waals surface area (Å²) in [6.45, 7) is 0.0253. The van der Waals surface area contributed by atoms with Crippen LogP contribution in [0.25, 0.3) is 16.9 Å². The summed E-state index contributed by atoms with van der Waals surface area (Å²) in [7, 11) is 0. The first-order valence-electron chi connectivity index (χ1n) is 8.74. The molecular weight excluding hydrogens is 356 g/mol. The Morgan fingerprint density at radius 3 is 2.82 bits per heavy atom. The van der Waals surface area contributed by atoms with Crippen molar-refractivity contribution < 1.29 is 9.53 Å². The number of carbonyl (C=O) groups is 1. The van der Waals surface area contributed by atoms with Crippen molar-refractivity contribution in [3.8, 4) is 22.7 Å². The number of nitrogens with one attached hydrogen (secondary N) is 3. The molecule has 2 aromatic heterocycles. The third kappa shape index (κ3) is 3.07. The Labute approximate surface area is 160 Å². The van der Waals surface area contributed by atoms with E-state index in [4.69, 9.17) is 4.74 Å². The number of amides is 1. The summed E-state index contributed by atoms with van der Waals surface area (Å²) in [4.78, 5) is 11.4. The molecule has 1 aliphatic rings. The Morgan fingerprint density at radius 1 is 1.11 bits per heavy atom. The molecule has 0 bridgehead atoms. The summed E-state index contributed by atoms with van der Waals surface area (Å²) in [5.74, 6) is 1.17. The number of aromatic nitrogens is 4. The van der Waals surface area contributed by atoms with Gasteiger partial charge >= 0.3 is 0 Å². The highest BCUT2D eigenvalue weighted by Crippen LogP contribution is 2.32. The highest BCUT2D eigenvalue weighted by Gasteiger charge is 2.16. The molecule has 28 heavy (non-hydrogen) atoms. The number of rotatable bonds is 4. The van der Waals surface area contributed by atoms with E-state index in [9.17, 15) is 4.79 Å². The summed E-state index contributed by atoms with van der Waals surface area (Å²) < 4.78 is 7.25. The normalized spacial score (nSPS) is 12.8. The lowest BCUT2D eigenvalue weighted by atomic mass is 10.1. The largest absolute Gasteiger partial charge is 0.482 e. The average Bonchev–Trinajstić information content (AvgIpc) is 3.41. The van der Waals surface area contributed by atoms with E-state index in [0.717, 1.165) is 22.6 Å². The van der Waals surface area contributed by atoms with E-state index in [2.05, 4.69) is 25.9 Å². The van der Waals surface area contributed by atoms with Crippen LogP contribution in [0.3, 0.4) is 0 Å². The van der Waals surface area contributed by atoms with Gasteiger partial charge in [0.15, 0.2) is 12.4 Å². The van der Waals surface area contributed by atoms with Crippen LogP contribution in [0.1, 0.15) is 0 Å². The van der Waals surface area contributed by atoms with Gasteiger partial charge in [0, 0.05) is 30.2 Å². The van der Waals surface area contributed by atoms with Crippen molar-refractivity contribution in [2.24, 2.45) is 0 Å². The highest BCUT2D eigenvalue weighted by molar-refractivity contribution is 5.95. The molecule has 0 radical (unpaired) electrons. The topological polar surface area (TPSA) is 96.9 Å². The van der Waals surface area contributed by atoms with Gasteiger partial charge < -0.3 is 15.4 Å². The highest BCUT2D eigenvalue weighted by atomic mass is 16.5. The molecule has 0 saturated carbocycles. The molecule has 1 aliphatic heterocycles. The van der Waals surface area contributed by atoms with Crippen LogP contribution >= 0.6 is 0 Å². The number of carbonyl (C=O) groups excluding carboxylic acids is 1. The van der Waals surface area contributed by atoms with Crippen LogP contribution in [0, 0.1) is 0 Å². The van der Waals surface area contributed by atoms with E-state index >= 15 is 0 Å². The lowest BCUT2D eigenvalue weighted by Crippen LogP contribution is -2.25. The van der Waals surface area contributed by atoms with Gasteiger partial charge in [-0.2, -0.15) is 10.2 Å². The first-order chi connectivity index (χ1) is 13.7. The summed E-state index contributed by atoms with van der Waals surface area (Å²) in [6, 6.07) is 17.4. The van der Waals surface area contributed by atoms with Gasteiger partial charge in [-0.25, -0.2) is 4.68 Å². The Hall–Kier alpha value is -4.07. The molecule has 0 atom stereocenters. The zero-order valence-corrected chi connectivity index (χ0v) is 14.7. The van der Waals surface area contributed by atoms with Gasteiger partial charge in [-0.15, -0.1) is 0 Å². The number of H-pyrrole nitrogens is 1. The smallest absolute Gasteiger partial charge is 0.262 e. The number of benzene rings is 2. The quantitative estimate of drug-likeness (QED) is 0.511. The molecule has 4 aromatic rings. The maximum absolute atomic E-state index is 11.4. The fraction of sp³-hybridized carbons (Fsp3) is 0.0500. The maximum Gasteiger partial charge on any atom is 0.262 e. The fourth-order valence-corrected chi connectivity index (χ4v) is 3.05. The molecule has 3 heterocycles. The predicted octanol–water partition coefficient (Wildman–Crippen LogP) is 3.34. The lowest BCUT2D eigenvalue weighted by Gasteiger charge is -2.18. The van der Waals surface area contributed by atoms with Crippen LogP contribution < -0.4 is 15.4 Å². The molecule has 0 fully saturated rings. The van der Waals surface area contributed by atoms with Crippen LogP contribution in [0.5, 0.6) is 5.75 Å². The Kier molecular flexibility index (Phi) is 3.79. The molecule has 8 heteroatoms. The van der Waals surface area contributed by atoms with Crippen LogP contribution in [-0.2, 0) is 4.79 Å². The number of nitrogens with zero attached hydrogens (tertiary/aromatic N) is 3. The van der Waals surface area contributed by atoms with Gasteiger partial charge in [0.2, 0.25) is 0 Å². The van der Waals surface area contributed by atoms with E-state index in [1.165, 1.54) is 0 Å². The second kappa shape index (κ2) is 6.58. The number of hydrogen-bond donors (Lipinski definition) is 3. The molecule has 0 unspecified atom stereocenters. The minimum atomic E-state index is -0.149. The molecule has 3 N–H and O–H groups in total. The second-order valence-electron chi connectivity index (χ2n) is 6.34. The Balaban J connectivity index is 1.33. The van der Waals surface area contributed by atoms with Gasteiger partial charge in [-0.3, -0.25) is 9.89 Å². The number of fused-ring (bicyclic) bond motifs is 1. The number of anilines is 3. The predicted molar refractivity (Wildman–Crippen MR) is 105 cm³/mol. The van der Waals surface area contributed by atoms with Crippen LogP contribution in [-0.4, -0.2) is 32.5 Å². The Morgan fingerprint density at radius 2 is 2.00 bits per heavy atom. The molecule has 1 amide bonds. The zero-order chi connectivity index (χ0) is 18.9. The molecule has 8 nitrogen and oxygen atoms in total. The summed E-state index contributed by atoms with van der Waals surface area (Å²) in [5, 5.41) is 17.6. The van der Waals surface area contributed by atoms with Crippen molar-refractivity contribution in [1.82, 2.24) is 20.0 Å². The van der Waals surface area contributed by atoms with Gasteiger partial charge in [0.05, 0.1) is 17.1 Å². The first kappa shape index (κ1) is 16.1. The second-order valence-corrected chi connectivity index (χ2v) is 6.34. The molecule has 5 rings (SSSR count). The number of hydrogen-bond acceptors (Lipinski definition) is 5. The van der Waals surface area contributed by atoms with Gasteiger partial charge in [0.1, 0.15) is 5.75 Å². The average molecular weight is 372 g/mol. The summed E-state index contributed by atoms with van der Waals surface area (Å²) in [6.07, 6.45) is 3.65. The van der Waals surface area contributed by atoms with E-state index in [1.807, 2.05) is 59.4 Å². The minimum Gasteiger partial charge on any atom is -0.482 e. The molecule has 0 saturated heterocycles. The van der Waals surface area contributed by atoms with Crippen LogP contribution in [0.4, 0.5) is 17.2 Å². The number of ether oxygens (including phenoxy) is 1. The summed E-state index contributed by atoms with van der Waals surface area (Å²) >= 11 is 0. The standard InChI is InChI=1S/C20H16N6O2/c27-20-12-28-18-10-14(4-7-16(18)23-20)22-19-11-17(24-25-19)13-2-5-15(6-3-13)26-9-1-8-21-26/h1-11H,12H2,(H,23,27)(H2,22,24,25). The monoisotopic (exact) mass is 372 g/mol. The van der Waals surface area contributed by atoms with Gasteiger partial charge in [0.25, 0.3) is 5.91 Å². The van der Waals surface area contributed by atoms with E-state index in [0.29, 0.717) is 17.3 Å². The zero-order valence-electron chi connectivity index (χ0n) is 14.7. The van der Waals surface area contributed by atoms with Crippen molar-refractivity contribution in [3.05, 3.63) is 67.0 Å². The maximum atomic E-state index is 11.4. The third-order valence-electron chi connectivity index (χ3n) is 4.41. The van der Waals surface area contributed by atoms with Gasteiger partial charge in [-0.1, -0.05) is 12.1 Å². The van der Waals surface area contributed by atoms with Crippen molar-refractivity contribution in [1.29, 1.82) is 0 Å². The minimum absolute atomic E-state index is 0.0253. The van der Waals surface area contributed by atoms with E-state index in [-0.39, 0.29) is 12.5 Å². The lowest BCUT2D eigenvalue weighted by molar-refractivity contribution is -0.118. The van der Waals surface area contributed by atoms with Crippen LogP contribution in [0.15, 0.2) is 67.0 Å². The van der Waals surface area contributed by atoms with Gasteiger partial charge in [-0.05, 0) is 35.9 Å². The third-order valence-corrected chi connectivity index (χ3v) is 4.41. The SMILES string of the molecule is O=C1COc2cc(Nc3cc(-c4ccc(-n5cccn5)cc4)[nH]n3)ccc2N1. The van der Waals surface area contributed by atoms with Crippen LogP contribution in [0.2, 0.25) is 0 Å². The molecule has 2 aromatic carbocycles. The van der Waals surface area contributed by atoms with Crippen molar-refractivity contribution >= 4 is 23.1 Å². The molecular formula is C20H16N6O2. The Bertz CT molecular complexity index is 1130. The van der Waals surface area contributed by atoms with Crippen molar-refractivity contribution in [3.63, 3.8) is 0 Å². The van der Waals surface area contributed by atoms with Crippen molar-refractivity contribution in [2.45, 2.75) is 0 Å². The fourth-order valence-electron chi connectivity index (χ4n) is 3.05. The molecule has 0 spiro atoms. The summed E-state index contributed by atoms with van der Waals surface area (Å²) in [5.41, 5.74) is 4.40. The number of aromatic amines is 1.